The predicted molar refractivity (Wildman–Crippen MR) is 111 cm³/mol. The molecule has 0 spiro atoms. The minimum Gasteiger partial charge on any atom is -0.350 e. The molecule has 0 radical (unpaired) electrons. The SMILES string of the molecule is O=C(NCc1ccccn1)[C@H]1CCCN(C2CCN(Cc3cscn3)CC2)C1. The second kappa shape index (κ2) is 9.58. The van der Waals surface area contributed by atoms with E-state index in [0.29, 0.717) is 12.6 Å². The van der Waals surface area contributed by atoms with E-state index < -0.39 is 0 Å². The van der Waals surface area contributed by atoms with Gasteiger partial charge in [0.1, 0.15) is 0 Å². The highest BCUT2D eigenvalue weighted by molar-refractivity contribution is 7.07. The van der Waals surface area contributed by atoms with E-state index in [1.54, 1.807) is 17.5 Å². The summed E-state index contributed by atoms with van der Waals surface area (Å²) in [7, 11) is 0. The fourth-order valence-corrected chi connectivity index (χ4v) is 4.91. The molecule has 0 bridgehead atoms. The molecule has 4 heterocycles. The van der Waals surface area contributed by atoms with E-state index >= 15 is 0 Å². The van der Waals surface area contributed by atoms with Crippen LogP contribution >= 0.6 is 11.3 Å². The number of carbonyl (C=O) groups excluding carboxylic acids is 1. The summed E-state index contributed by atoms with van der Waals surface area (Å²) >= 11 is 1.67. The molecule has 28 heavy (non-hydrogen) atoms. The highest BCUT2D eigenvalue weighted by atomic mass is 32.1. The lowest BCUT2D eigenvalue weighted by Gasteiger charge is -2.42. The van der Waals surface area contributed by atoms with E-state index in [-0.39, 0.29) is 11.8 Å². The van der Waals surface area contributed by atoms with Gasteiger partial charge in [0.2, 0.25) is 5.91 Å². The monoisotopic (exact) mass is 399 g/mol. The average molecular weight is 400 g/mol. The lowest BCUT2D eigenvalue weighted by molar-refractivity contribution is -0.127. The zero-order chi connectivity index (χ0) is 19.2. The Kier molecular flexibility index (Phi) is 6.67. The van der Waals surface area contributed by atoms with Crippen LogP contribution < -0.4 is 5.32 Å². The number of rotatable bonds is 6. The number of hydrogen-bond acceptors (Lipinski definition) is 6. The zero-order valence-corrected chi connectivity index (χ0v) is 17.1. The van der Waals surface area contributed by atoms with E-state index in [1.807, 2.05) is 23.7 Å². The standard InChI is InChI=1S/C21H29N5OS/c27-21(23-12-18-5-1-2-8-22-18)17-4-3-9-26(13-17)20-6-10-25(11-7-20)14-19-15-28-16-24-19/h1-2,5,8,15-17,20H,3-4,6-7,9-14H2,(H,23,27)/t17-/m0/s1. The number of aromatic nitrogens is 2. The third kappa shape index (κ3) is 5.16. The van der Waals surface area contributed by atoms with Crippen molar-refractivity contribution in [1.29, 1.82) is 0 Å². The van der Waals surface area contributed by atoms with Gasteiger partial charge < -0.3 is 5.32 Å². The molecule has 4 rings (SSSR count). The molecular weight excluding hydrogens is 370 g/mol. The van der Waals surface area contributed by atoms with Gasteiger partial charge in [-0.1, -0.05) is 6.07 Å². The molecule has 2 aliphatic heterocycles. The van der Waals surface area contributed by atoms with E-state index in [1.165, 1.54) is 18.5 Å². The second-order valence-corrected chi connectivity index (χ2v) is 8.58. The predicted octanol–water partition coefficient (Wildman–Crippen LogP) is 2.53. The van der Waals surface area contributed by atoms with Gasteiger partial charge in [0.15, 0.2) is 0 Å². The third-order valence-electron chi connectivity index (χ3n) is 5.94. The first-order valence-electron chi connectivity index (χ1n) is 10.3. The molecule has 2 saturated heterocycles. The van der Waals surface area contributed by atoms with E-state index in [0.717, 1.165) is 51.3 Å². The molecule has 7 heteroatoms. The van der Waals surface area contributed by atoms with E-state index in [2.05, 4.69) is 30.5 Å². The Morgan fingerprint density at radius 1 is 1.14 bits per heavy atom. The number of carbonyl (C=O) groups is 1. The van der Waals surface area contributed by atoms with Crippen LogP contribution in [0.1, 0.15) is 37.1 Å². The van der Waals surface area contributed by atoms with Crippen LogP contribution in [0.3, 0.4) is 0 Å². The Bertz CT molecular complexity index is 731. The first-order valence-corrected chi connectivity index (χ1v) is 11.2. The number of nitrogens with one attached hydrogen (secondary N) is 1. The first-order chi connectivity index (χ1) is 13.8. The molecule has 2 aromatic heterocycles. The molecule has 2 aromatic rings. The third-order valence-corrected chi connectivity index (χ3v) is 6.57. The van der Waals surface area contributed by atoms with E-state index in [9.17, 15) is 4.79 Å². The fourth-order valence-electron chi connectivity index (χ4n) is 4.36. The summed E-state index contributed by atoms with van der Waals surface area (Å²) in [4.78, 5) is 26.4. The summed E-state index contributed by atoms with van der Waals surface area (Å²) in [6, 6.07) is 6.41. The number of piperidine rings is 2. The van der Waals surface area contributed by atoms with Crippen molar-refractivity contribution >= 4 is 17.2 Å². The molecule has 2 aliphatic rings. The summed E-state index contributed by atoms with van der Waals surface area (Å²) in [5, 5.41) is 5.23. The molecule has 0 aliphatic carbocycles. The van der Waals surface area contributed by atoms with Gasteiger partial charge in [-0.05, 0) is 44.4 Å². The largest absolute Gasteiger partial charge is 0.350 e. The zero-order valence-electron chi connectivity index (χ0n) is 16.3. The highest BCUT2D eigenvalue weighted by Gasteiger charge is 2.31. The topological polar surface area (TPSA) is 61.4 Å². The summed E-state index contributed by atoms with van der Waals surface area (Å²) in [5.74, 6) is 0.279. The van der Waals surface area contributed by atoms with Crippen molar-refractivity contribution in [3.05, 3.63) is 46.7 Å². The van der Waals surface area contributed by atoms with Crippen molar-refractivity contribution in [3.63, 3.8) is 0 Å². The van der Waals surface area contributed by atoms with Crippen molar-refractivity contribution in [2.75, 3.05) is 26.2 Å². The van der Waals surface area contributed by atoms with Crippen molar-refractivity contribution in [1.82, 2.24) is 25.1 Å². The maximum atomic E-state index is 12.6. The van der Waals surface area contributed by atoms with Gasteiger partial charge in [-0.25, -0.2) is 4.98 Å². The number of amides is 1. The van der Waals surface area contributed by atoms with Crippen molar-refractivity contribution in [2.45, 2.75) is 44.8 Å². The number of thiazole rings is 1. The smallest absolute Gasteiger partial charge is 0.224 e. The van der Waals surface area contributed by atoms with Gasteiger partial charge in [0.05, 0.1) is 29.4 Å². The van der Waals surface area contributed by atoms with Crippen LogP contribution in [-0.2, 0) is 17.9 Å². The normalized spacial score (nSPS) is 22.2. The summed E-state index contributed by atoms with van der Waals surface area (Å²) in [6.07, 6.45) is 6.25. The lowest BCUT2D eigenvalue weighted by atomic mass is 9.93. The van der Waals surface area contributed by atoms with E-state index in [4.69, 9.17) is 0 Å². The van der Waals surface area contributed by atoms with Crippen LogP contribution in [0, 0.1) is 5.92 Å². The maximum absolute atomic E-state index is 12.6. The molecule has 6 nitrogen and oxygen atoms in total. The van der Waals surface area contributed by atoms with Crippen LogP contribution in [0.4, 0.5) is 0 Å². The lowest BCUT2D eigenvalue weighted by Crippen LogP contribution is -2.50. The van der Waals surface area contributed by atoms with Crippen molar-refractivity contribution in [2.24, 2.45) is 5.92 Å². The van der Waals surface area contributed by atoms with Gasteiger partial charge in [-0.15, -0.1) is 11.3 Å². The minimum absolute atomic E-state index is 0.102. The minimum atomic E-state index is 0.102. The van der Waals surface area contributed by atoms with Gasteiger partial charge >= 0.3 is 0 Å². The number of nitrogens with zero attached hydrogens (tertiary/aromatic N) is 4. The van der Waals surface area contributed by atoms with Crippen LogP contribution in [-0.4, -0.2) is 57.9 Å². The fraction of sp³-hybridized carbons (Fsp3) is 0.571. The van der Waals surface area contributed by atoms with Crippen LogP contribution in [0.25, 0.3) is 0 Å². The summed E-state index contributed by atoms with van der Waals surface area (Å²) in [6.45, 7) is 5.75. The summed E-state index contributed by atoms with van der Waals surface area (Å²) in [5.41, 5.74) is 4.01. The Morgan fingerprint density at radius 3 is 2.79 bits per heavy atom. The molecule has 1 atom stereocenters. The number of hydrogen-bond donors (Lipinski definition) is 1. The van der Waals surface area contributed by atoms with Gasteiger partial charge in [-0.3, -0.25) is 19.6 Å². The molecule has 2 fully saturated rings. The van der Waals surface area contributed by atoms with Crippen LogP contribution in [0.2, 0.25) is 0 Å². The Morgan fingerprint density at radius 2 is 2.04 bits per heavy atom. The first kappa shape index (κ1) is 19.5. The Labute approximate surface area is 171 Å². The number of pyridine rings is 1. The molecule has 0 aromatic carbocycles. The van der Waals surface area contributed by atoms with Gasteiger partial charge in [0, 0.05) is 43.8 Å². The average Bonchev–Trinajstić information content (AvgIpc) is 3.26. The number of likely N-dealkylation sites (tertiary alicyclic amines) is 2. The van der Waals surface area contributed by atoms with Crippen molar-refractivity contribution in [3.8, 4) is 0 Å². The Balaban J connectivity index is 1.23. The summed E-state index contributed by atoms with van der Waals surface area (Å²) < 4.78 is 0. The molecule has 0 saturated carbocycles. The maximum Gasteiger partial charge on any atom is 0.224 e. The molecule has 1 amide bonds. The highest BCUT2D eigenvalue weighted by Crippen LogP contribution is 2.24. The van der Waals surface area contributed by atoms with Gasteiger partial charge in [0.25, 0.3) is 0 Å². The van der Waals surface area contributed by atoms with Crippen LogP contribution in [0.5, 0.6) is 0 Å². The molecule has 1 N–H and O–H groups in total. The van der Waals surface area contributed by atoms with Crippen molar-refractivity contribution < 1.29 is 4.79 Å². The van der Waals surface area contributed by atoms with Crippen LogP contribution in [0.15, 0.2) is 35.3 Å². The second-order valence-electron chi connectivity index (χ2n) is 7.86. The molecule has 0 unspecified atom stereocenters. The van der Waals surface area contributed by atoms with Gasteiger partial charge in [-0.2, -0.15) is 0 Å². The molecule has 150 valence electrons. The quantitative estimate of drug-likeness (QED) is 0.809. The molecular formula is C21H29N5OS. The Hall–Kier alpha value is -1.83.